The van der Waals surface area contributed by atoms with Gasteiger partial charge in [0.05, 0.1) is 5.60 Å². The van der Waals surface area contributed by atoms with Crippen molar-refractivity contribution < 1.29 is 19.4 Å². The maximum Gasteiger partial charge on any atom is 0.340 e. The van der Waals surface area contributed by atoms with Crippen LogP contribution in [0.5, 0.6) is 0 Å². The summed E-state index contributed by atoms with van der Waals surface area (Å²) in [7, 11) is 1.51. The Morgan fingerprint density at radius 2 is 1.21 bits per heavy atom. The molecule has 0 aromatic heterocycles. The van der Waals surface area contributed by atoms with E-state index in [4.69, 9.17) is 9.47 Å². The Kier molecular flexibility index (Phi) is 18.8. The summed E-state index contributed by atoms with van der Waals surface area (Å²) in [5, 5.41) is 11.6. The summed E-state index contributed by atoms with van der Waals surface area (Å²) < 4.78 is 11.6. The summed E-state index contributed by atoms with van der Waals surface area (Å²) in [5.74, 6) is -0.471. The van der Waals surface area contributed by atoms with E-state index >= 15 is 0 Å². The highest BCUT2D eigenvalue weighted by Gasteiger charge is 2.36. The fourth-order valence-electron chi connectivity index (χ4n) is 4.98. The fourth-order valence-corrected chi connectivity index (χ4v) is 4.98. The number of allylic oxidation sites excluding steroid dienone is 10. The van der Waals surface area contributed by atoms with Crippen LogP contribution in [-0.2, 0) is 14.3 Å². The second-order valence-electron chi connectivity index (χ2n) is 12.8. The molecule has 0 bridgehead atoms. The highest BCUT2D eigenvalue weighted by atomic mass is 16.6. The van der Waals surface area contributed by atoms with E-state index < -0.39 is 23.8 Å². The molecule has 1 aromatic carbocycles. The van der Waals surface area contributed by atoms with Crippen LogP contribution < -0.4 is 0 Å². The summed E-state index contributed by atoms with van der Waals surface area (Å²) in [4.78, 5) is 13.3. The lowest BCUT2D eigenvalue weighted by Crippen LogP contribution is -2.43. The number of hydrogen-bond acceptors (Lipinski definition) is 4. The monoisotopic (exact) mass is 592 g/mol. The van der Waals surface area contributed by atoms with Gasteiger partial charge in [-0.25, -0.2) is 4.79 Å². The molecule has 1 aromatic rings. The van der Waals surface area contributed by atoms with E-state index in [-0.39, 0.29) is 0 Å². The number of aliphatic hydroxyl groups is 1. The van der Waals surface area contributed by atoms with E-state index in [9.17, 15) is 9.90 Å². The van der Waals surface area contributed by atoms with Crippen LogP contribution in [0, 0.1) is 0 Å². The first-order valence-corrected chi connectivity index (χ1v) is 16.1. The first-order chi connectivity index (χ1) is 20.4. The maximum absolute atomic E-state index is 13.3. The third-order valence-corrected chi connectivity index (χ3v) is 7.78. The molecular weight excluding hydrogens is 532 g/mol. The van der Waals surface area contributed by atoms with Crippen LogP contribution >= 0.6 is 0 Å². The average Bonchev–Trinajstić information content (AvgIpc) is 2.93. The average molecular weight is 593 g/mol. The van der Waals surface area contributed by atoms with Crippen molar-refractivity contribution in [1.82, 2.24) is 0 Å². The number of benzene rings is 1. The number of ether oxygens (including phenoxy) is 2. The molecule has 4 nitrogen and oxygen atoms in total. The molecule has 0 aliphatic rings. The van der Waals surface area contributed by atoms with Crippen molar-refractivity contribution in [1.29, 1.82) is 0 Å². The van der Waals surface area contributed by atoms with Gasteiger partial charge in [0.25, 0.3) is 0 Å². The van der Waals surface area contributed by atoms with Gasteiger partial charge in [-0.05, 0) is 125 Å². The predicted molar refractivity (Wildman–Crippen MR) is 183 cm³/mol. The molecule has 240 valence electrons. The second-order valence-corrected chi connectivity index (χ2v) is 12.8. The molecule has 0 saturated heterocycles. The van der Waals surface area contributed by atoms with Gasteiger partial charge in [0.2, 0.25) is 0 Å². The quantitative estimate of drug-likeness (QED) is 0.121. The Morgan fingerprint density at radius 3 is 1.70 bits per heavy atom. The summed E-state index contributed by atoms with van der Waals surface area (Å²) in [6.07, 6.45) is 18.6. The number of hydrogen-bond donors (Lipinski definition) is 1. The Hall–Kier alpha value is -2.69. The zero-order chi connectivity index (χ0) is 32.3. The third-order valence-electron chi connectivity index (χ3n) is 7.78. The van der Waals surface area contributed by atoms with E-state index in [0.29, 0.717) is 12.8 Å². The van der Waals surface area contributed by atoms with Crippen molar-refractivity contribution in [2.24, 2.45) is 0 Å². The largest absolute Gasteiger partial charge is 0.457 e. The van der Waals surface area contributed by atoms with Crippen LogP contribution in [-0.4, -0.2) is 29.9 Å². The minimum absolute atomic E-state index is 0.471. The molecular formula is C39H60O4. The van der Waals surface area contributed by atoms with Crippen LogP contribution in [0.1, 0.15) is 131 Å². The highest BCUT2D eigenvalue weighted by Crippen LogP contribution is 2.28. The topological polar surface area (TPSA) is 55.8 Å². The molecule has 0 heterocycles. The molecule has 0 fully saturated rings. The van der Waals surface area contributed by atoms with Gasteiger partial charge in [0.1, 0.15) is 6.10 Å². The minimum atomic E-state index is -1.17. The van der Waals surface area contributed by atoms with Gasteiger partial charge in [0, 0.05) is 7.11 Å². The van der Waals surface area contributed by atoms with Crippen molar-refractivity contribution >= 4 is 5.97 Å². The summed E-state index contributed by atoms with van der Waals surface area (Å²) in [5.41, 5.74) is 6.32. The highest BCUT2D eigenvalue weighted by molar-refractivity contribution is 5.76. The number of carbonyl (C=O) groups excluding carboxylic acids is 1. The molecule has 0 saturated carbocycles. The lowest BCUT2D eigenvalue weighted by Gasteiger charge is -2.33. The Morgan fingerprint density at radius 1 is 0.744 bits per heavy atom. The standard InChI is InChI=1S/C39H60O4/c1-30(2)18-13-20-32(5)22-15-23-33(6)24-16-28-36(43-38(40)37(42-9)35-26-11-10-12-27-35)39(8,41)29-17-25-34(7)21-14-19-31(3)4/h10-12,18-19,22,24-27,36-37,41H,13-17,20-21,23,28-29H2,1-9H3/b32-22+,33-24+,34-25+/t36-,37-,39+/m0/s1. The lowest BCUT2D eigenvalue weighted by molar-refractivity contribution is -0.176. The normalized spacial score (nSPS) is 15.3. The van der Waals surface area contributed by atoms with Crippen LogP contribution in [0.25, 0.3) is 0 Å². The van der Waals surface area contributed by atoms with E-state index in [0.717, 1.165) is 56.9 Å². The predicted octanol–water partition coefficient (Wildman–Crippen LogP) is 10.7. The molecule has 0 aliphatic heterocycles. The van der Waals surface area contributed by atoms with E-state index in [1.165, 1.54) is 35.0 Å². The number of esters is 1. The van der Waals surface area contributed by atoms with Gasteiger partial charge >= 0.3 is 5.97 Å². The van der Waals surface area contributed by atoms with E-state index in [1.807, 2.05) is 30.3 Å². The molecule has 1 N–H and O–H groups in total. The van der Waals surface area contributed by atoms with Gasteiger partial charge in [-0.1, -0.05) is 88.6 Å². The van der Waals surface area contributed by atoms with Crippen molar-refractivity contribution in [2.45, 2.75) is 137 Å². The minimum Gasteiger partial charge on any atom is -0.457 e. The van der Waals surface area contributed by atoms with Crippen LogP contribution in [0.4, 0.5) is 0 Å². The Bertz CT molecular complexity index is 1090. The Labute approximate surface area is 263 Å². The summed E-state index contributed by atoms with van der Waals surface area (Å²) >= 11 is 0. The first-order valence-electron chi connectivity index (χ1n) is 16.1. The summed E-state index contributed by atoms with van der Waals surface area (Å²) in [6.45, 7) is 16.8. The molecule has 0 radical (unpaired) electrons. The third kappa shape index (κ3) is 17.3. The molecule has 0 spiro atoms. The van der Waals surface area contributed by atoms with Gasteiger partial charge in [-0.3, -0.25) is 0 Å². The zero-order valence-electron chi connectivity index (χ0n) is 28.7. The molecule has 0 unspecified atom stereocenters. The first kappa shape index (κ1) is 38.3. The maximum atomic E-state index is 13.3. The van der Waals surface area contributed by atoms with Crippen molar-refractivity contribution in [3.63, 3.8) is 0 Å². The van der Waals surface area contributed by atoms with Gasteiger partial charge in [-0.2, -0.15) is 0 Å². The van der Waals surface area contributed by atoms with Crippen molar-refractivity contribution in [3.05, 3.63) is 94.1 Å². The van der Waals surface area contributed by atoms with Crippen LogP contribution in [0.15, 0.2) is 88.6 Å². The zero-order valence-corrected chi connectivity index (χ0v) is 28.7. The van der Waals surface area contributed by atoms with E-state index in [2.05, 4.69) is 78.8 Å². The number of carbonyl (C=O) groups is 1. The number of methoxy groups -OCH3 is 1. The fraction of sp³-hybridized carbons (Fsp3) is 0.564. The molecule has 0 amide bonds. The van der Waals surface area contributed by atoms with Crippen LogP contribution in [0.2, 0.25) is 0 Å². The van der Waals surface area contributed by atoms with Crippen molar-refractivity contribution in [2.75, 3.05) is 7.11 Å². The Balaban J connectivity index is 2.90. The summed E-state index contributed by atoms with van der Waals surface area (Å²) in [6, 6.07) is 9.37. The molecule has 43 heavy (non-hydrogen) atoms. The smallest absolute Gasteiger partial charge is 0.340 e. The number of rotatable bonds is 20. The van der Waals surface area contributed by atoms with Gasteiger partial charge in [0.15, 0.2) is 6.10 Å². The van der Waals surface area contributed by atoms with Crippen molar-refractivity contribution in [3.8, 4) is 0 Å². The molecule has 1 rings (SSSR count). The molecule has 0 aliphatic carbocycles. The van der Waals surface area contributed by atoms with Gasteiger partial charge < -0.3 is 14.6 Å². The van der Waals surface area contributed by atoms with Crippen LogP contribution in [0.3, 0.4) is 0 Å². The second kappa shape index (κ2) is 21.1. The SMILES string of the molecule is CO[C@H](C(=O)O[C@@H](CC/C=C(\C)CC/C=C(\C)CCC=C(C)C)[C@](C)(O)CC/C=C(\C)CCC=C(C)C)c1ccccc1. The lowest BCUT2D eigenvalue weighted by atomic mass is 9.89. The van der Waals surface area contributed by atoms with Gasteiger partial charge in [-0.15, -0.1) is 0 Å². The molecule has 4 heteroatoms. The molecule has 3 atom stereocenters. The van der Waals surface area contributed by atoms with E-state index in [1.54, 1.807) is 6.92 Å².